The van der Waals surface area contributed by atoms with Crippen molar-refractivity contribution >= 4 is 23.2 Å². The lowest BCUT2D eigenvalue weighted by atomic mass is 9.89. The second-order valence-corrected chi connectivity index (χ2v) is 7.64. The summed E-state index contributed by atoms with van der Waals surface area (Å²) in [6, 6.07) is 9.92. The molecule has 12 heteroatoms. The molecule has 1 N–H and O–H groups in total. The van der Waals surface area contributed by atoms with Crippen molar-refractivity contribution in [1.29, 1.82) is 0 Å². The maximum absolute atomic E-state index is 12.7. The summed E-state index contributed by atoms with van der Waals surface area (Å²) in [6.45, 7) is -1.09. The molecule has 0 bridgehead atoms. The number of halogens is 5. The van der Waals surface area contributed by atoms with Gasteiger partial charge in [0.25, 0.3) is 0 Å². The van der Waals surface area contributed by atoms with E-state index in [0.29, 0.717) is 23.3 Å². The second kappa shape index (κ2) is 10.7. The van der Waals surface area contributed by atoms with Crippen molar-refractivity contribution in [2.24, 2.45) is 11.0 Å². The van der Waals surface area contributed by atoms with Crippen molar-refractivity contribution in [3.63, 3.8) is 0 Å². The number of amides is 2. The number of hydrazone groups is 1. The fourth-order valence-corrected chi connectivity index (χ4v) is 3.52. The summed E-state index contributed by atoms with van der Waals surface area (Å²) in [4.78, 5) is 23.7. The SMILES string of the molecule is CCC1CC(=O)N(Cc2ccc(NC(=O)C(F)(F)F)cc2)N=C1c1ccc(OC(F)F)c(OC)c1. The van der Waals surface area contributed by atoms with Gasteiger partial charge in [-0.1, -0.05) is 19.1 Å². The minimum atomic E-state index is -5.01. The Morgan fingerprint density at radius 2 is 1.86 bits per heavy atom. The van der Waals surface area contributed by atoms with Crippen LogP contribution in [0.5, 0.6) is 11.5 Å². The first kappa shape index (κ1) is 25.9. The van der Waals surface area contributed by atoms with Crippen LogP contribution in [-0.2, 0) is 16.1 Å². The Balaban J connectivity index is 1.83. The minimum Gasteiger partial charge on any atom is -0.493 e. The number of hydrogen-bond donors (Lipinski definition) is 1. The van der Waals surface area contributed by atoms with Gasteiger partial charge in [-0.2, -0.15) is 27.1 Å². The van der Waals surface area contributed by atoms with Crippen LogP contribution in [0, 0.1) is 5.92 Å². The van der Waals surface area contributed by atoms with E-state index in [1.54, 1.807) is 11.4 Å². The lowest BCUT2D eigenvalue weighted by Crippen LogP contribution is -2.36. The Hall–Kier alpha value is -3.70. The number of hydrogen-bond acceptors (Lipinski definition) is 5. The molecule has 7 nitrogen and oxygen atoms in total. The molecule has 0 aliphatic carbocycles. The molecule has 2 amide bonds. The molecule has 1 heterocycles. The molecule has 0 radical (unpaired) electrons. The summed E-state index contributed by atoms with van der Waals surface area (Å²) >= 11 is 0. The molecule has 0 saturated carbocycles. The monoisotopic (exact) mass is 499 g/mol. The van der Waals surface area contributed by atoms with Crippen LogP contribution >= 0.6 is 0 Å². The van der Waals surface area contributed by atoms with Crippen molar-refractivity contribution in [1.82, 2.24) is 5.01 Å². The highest BCUT2D eigenvalue weighted by atomic mass is 19.4. The normalized spacial score (nSPS) is 16.2. The molecule has 1 aliphatic rings. The van der Waals surface area contributed by atoms with E-state index in [2.05, 4.69) is 9.84 Å². The number of nitrogens with one attached hydrogen (secondary N) is 1. The Labute approximate surface area is 197 Å². The van der Waals surface area contributed by atoms with Crippen molar-refractivity contribution in [3.8, 4) is 11.5 Å². The van der Waals surface area contributed by atoms with E-state index in [9.17, 15) is 31.5 Å². The average Bonchev–Trinajstić information content (AvgIpc) is 2.80. The molecule has 0 saturated heterocycles. The number of carbonyl (C=O) groups excluding carboxylic acids is 2. The highest BCUT2D eigenvalue weighted by molar-refractivity contribution is 6.06. The summed E-state index contributed by atoms with van der Waals surface area (Å²) in [5.74, 6) is -2.61. The third kappa shape index (κ3) is 6.46. The Morgan fingerprint density at radius 3 is 2.43 bits per heavy atom. The largest absolute Gasteiger partial charge is 0.493 e. The maximum atomic E-state index is 12.7. The van der Waals surface area contributed by atoms with E-state index < -0.39 is 18.7 Å². The van der Waals surface area contributed by atoms with E-state index in [4.69, 9.17) is 4.74 Å². The zero-order chi connectivity index (χ0) is 25.8. The van der Waals surface area contributed by atoms with E-state index in [-0.39, 0.29) is 42.0 Å². The topological polar surface area (TPSA) is 80.2 Å². The van der Waals surface area contributed by atoms with E-state index in [1.165, 1.54) is 48.5 Å². The van der Waals surface area contributed by atoms with Crippen molar-refractivity contribution in [2.75, 3.05) is 12.4 Å². The number of alkyl halides is 5. The fraction of sp³-hybridized carbons (Fsp3) is 0.348. The number of anilines is 1. The van der Waals surface area contributed by atoms with Gasteiger partial charge in [0.05, 0.1) is 19.4 Å². The summed E-state index contributed by atoms with van der Waals surface area (Å²) in [6.07, 6.45) is -4.25. The summed E-state index contributed by atoms with van der Waals surface area (Å²) in [7, 11) is 1.31. The van der Waals surface area contributed by atoms with Gasteiger partial charge < -0.3 is 14.8 Å². The fourth-order valence-electron chi connectivity index (χ4n) is 3.52. The molecule has 0 aromatic heterocycles. The minimum absolute atomic E-state index is 0.0377. The first-order valence-electron chi connectivity index (χ1n) is 10.5. The molecule has 1 unspecified atom stereocenters. The van der Waals surface area contributed by atoms with Gasteiger partial charge in [-0.25, -0.2) is 5.01 Å². The lowest BCUT2D eigenvalue weighted by Gasteiger charge is -2.29. The van der Waals surface area contributed by atoms with Crippen LogP contribution in [0.4, 0.5) is 27.6 Å². The number of rotatable bonds is 8. The summed E-state index contributed by atoms with van der Waals surface area (Å²) in [5, 5.41) is 7.47. The van der Waals surface area contributed by atoms with Crippen molar-refractivity contribution < 1.29 is 41.0 Å². The first-order valence-corrected chi connectivity index (χ1v) is 10.5. The smallest absolute Gasteiger partial charge is 0.471 e. The number of methoxy groups -OCH3 is 1. The molecule has 0 spiro atoms. The van der Waals surface area contributed by atoms with Crippen LogP contribution < -0.4 is 14.8 Å². The highest BCUT2D eigenvalue weighted by Gasteiger charge is 2.38. The van der Waals surface area contributed by atoms with Crippen LogP contribution in [0.2, 0.25) is 0 Å². The van der Waals surface area contributed by atoms with Crippen molar-refractivity contribution in [3.05, 3.63) is 53.6 Å². The number of benzene rings is 2. The van der Waals surface area contributed by atoms with Gasteiger partial charge in [0, 0.05) is 23.6 Å². The Morgan fingerprint density at radius 1 is 1.17 bits per heavy atom. The van der Waals surface area contributed by atoms with Gasteiger partial charge >= 0.3 is 18.7 Å². The van der Waals surface area contributed by atoms with E-state index >= 15 is 0 Å². The maximum Gasteiger partial charge on any atom is 0.471 e. The van der Waals surface area contributed by atoms with Gasteiger partial charge in [-0.15, -0.1) is 0 Å². The molecular formula is C23H22F5N3O4. The quantitative estimate of drug-likeness (QED) is 0.521. The van der Waals surface area contributed by atoms with Gasteiger partial charge in [0.1, 0.15) is 0 Å². The lowest BCUT2D eigenvalue weighted by molar-refractivity contribution is -0.167. The zero-order valence-electron chi connectivity index (χ0n) is 18.7. The zero-order valence-corrected chi connectivity index (χ0v) is 18.7. The number of ether oxygens (including phenoxy) is 2. The summed E-state index contributed by atoms with van der Waals surface area (Å²) in [5.41, 5.74) is 1.65. The Kier molecular flexibility index (Phi) is 7.92. The van der Waals surface area contributed by atoms with Gasteiger partial charge in [0.15, 0.2) is 11.5 Å². The molecule has 2 aromatic rings. The van der Waals surface area contributed by atoms with Crippen molar-refractivity contribution in [2.45, 2.75) is 39.1 Å². The summed E-state index contributed by atoms with van der Waals surface area (Å²) < 4.78 is 72.1. The average molecular weight is 499 g/mol. The van der Waals surface area contributed by atoms with Gasteiger partial charge in [-0.05, 0) is 42.3 Å². The number of nitrogens with zero attached hydrogens (tertiary/aromatic N) is 2. The predicted octanol–water partition coefficient (Wildman–Crippen LogP) is 4.96. The third-order valence-electron chi connectivity index (χ3n) is 5.29. The molecule has 3 rings (SSSR count). The van der Waals surface area contributed by atoms with Crippen LogP contribution in [-0.4, -0.2) is 42.4 Å². The molecule has 1 aliphatic heterocycles. The molecule has 0 fully saturated rings. The molecule has 35 heavy (non-hydrogen) atoms. The molecule has 2 aromatic carbocycles. The third-order valence-corrected chi connectivity index (χ3v) is 5.29. The molecule has 188 valence electrons. The standard InChI is InChI=1S/C23H22F5N3O4/c1-3-14-11-19(32)31(12-13-4-7-16(8-5-13)29-21(33)23(26,27)28)30-20(14)15-6-9-17(35-22(24)25)18(10-15)34-2/h4-10,14,22H,3,11-12H2,1-2H3,(H,29,33). The van der Waals surface area contributed by atoms with Gasteiger partial charge in [-0.3, -0.25) is 9.59 Å². The van der Waals surface area contributed by atoms with E-state index in [0.717, 1.165) is 0 Å². The number of carbonyl (C=O) groups is 2. The van der Waals surface area contributed by atoms with Crippen LogP contribution in [0.25, 0.3) is 0 Å². The highest BCUT2D eigenvalue weighted by Crippen LogP contribution is 2.33. The first-order chi connectivity index (χ1) is 16.5. The van der Waals surface area contributed by atoms with E-state index in [1.807, 2.05) is 6.92 Å². The van der Waals surface area contributed by atoms with Crippen LogP contribution in [0.3, 0.4) is 0 Å². The molecular weight excluding hydrogens is 477 g/mol. The molecule has 1 atom stereocenters. The second-order valence-electron chi connectivity index (χ2n) is 7.64. The predicted molar refractivity (Wildman–Crippen MR) is 116 cm³/mol. The van der Waals surface area contributed by atoms with Crippen LogP contribution in [0.15, 0.2) is 47.6 Å². The van der Waals surface area contributed by atoms with Crippen LogP contribution in [0.1, 0.15) is 30.9 Å². The van der Waals surface area contributed by atoms with Gasteiger partial charge in [0.2, 0.25) is 5.91 Å². The Bertz CT molecular complexity index is 1100.